The van der Waals surface area contributed by atoms with Crippen LogP contribution in [-0.4, -0.2) is 28.6 Å². The Morgan fingerprint density at radius 3 is 2.62 bits per heavy atom. The number of hydrogen-bond acceptors (Lipinski definition) is 4. The predicted octanol–water partition coefficient (Wildman–Crippen LogP) is 3.23. The summed E-state index contributed by atoms with van der Waals surface area (Å²) in [5, 5.41) is 3.62. The van der Waals surface area contributed by atoms with Crippen LogP contribution in [0.4, 0.5) is 5.69 Å². The Morgan fingerprint density at radius 2 is 2.05 bits per heavy atom. The standard InChI is InChI=1S/C17H28N4/c1-4-9-21(14-7-8-14)16-11-19-17(12(2)3)20-15(16)10-18-13-5-6-13/h11-14,18H,4-10H2,1-3H3. The van der Waals surface area contributed by atoms with Crippen LogP contribution in [0, 0.1) is 0 Å². The average Bonchev–Trinajstić information content (AvgIpc) is 3.36. The first kappa shape index (κ1) is 14.8. The Labute approximate surface area is 128 Å². The molecule has 0 radical (unpaired) electrons. The number of rotatable bonds is 8. The van der Waals surface area contributed by atoms with Crippen molar-refractivity contribution in [2.45, 2.75) is 77.4 Å². The molecule has 1 heterocycles. The van der Waals surface area contributed by atoms with Gasteiger partial charge in [-0.1, -0.05) is 20.8 Å². The van der Waals surface area contributed by atoms with Crippen LogP contribution in [0.5, 0.6) is 0 Å². The minimum Gasteiger partial charge on any atom is -0.366 e. The van der Waals surface area contributed by atoms with Crippen molar-refractivity contribution in [1.82, 2.24) is 15.3 Å². The highest BCUT2D eigenvalue weighted by atomic mass is 15.2. The molecule has 0 amide bonds. The van der Waals surface area contributed by atoms with Crippen molar-refractivity contribution in [3.63, 3.8) is 0 Å². The molecule has 0 atom stereocenters. The molecule has 4 heteroatoms. The number of nitrogens with one attached hydrogen (secondary N) is 1. The first-order chi connectivity index (χ1) is 10.2. The fraction of sp³-hybridized carbons (Fsp3) is 0.765. The average molecular weight is 288 g/mol. The molecule has 21 heavy (non-hydrogen) atoms. The van der Waals surface area contributed by atoms with Gasteiger partial charge in [0.15, 0.2) is 0 Å². The van der Waals surface area contributed by atoms with Crippen molar-refractivity contribution < 1.29 is 0 Å². The monoisotopic (exact) mass is 288 g/mol. The SMILES string of the molecule is CCCN(c1cnc(C(C)C)nc1CNC1CC1)C1CC1. The quantitative estimate of drug-likeness (QED) is 0.797. The summed E-state index contributed by atoms with van der Waals surface area (Å²) in [5.41, 5.74) is 2.46. The van der Waals surface area contributed by atoms with E-state index in [1.807, 2.05) is 0 Å². The molecule has 1 aromatic rings. The second-order valence-electron chi connectivity index (χ2n) is 6.79. The molecule has 0 saturated heterocycles. The molecule has 1 N–H and O–H groups in total. The Balaban J connectivity index is 1.84. The summed E-state index contributed by atoms with van der Waals surface area (Å²) < 4.78 is 0. The highest BCUT2D eigenvalue weighted by molar-refractivity contribution is 5.51. The minimum atomic E-state index is 0.388. The van der Waals surface area contributed by atoms with Crippen molar-refractivity contribution in [3.8, 4) is 0 Å². The lowest BCUT2D eigenvalue weighted by atomic mass is 10.2. The zero-order chi connectivity index (χ0) is 14.8. The highest BCUT2D eigenvalue weighted by Crippen LogP contribution is 2.33. The van der Waals surface area contributed by atoms with Crippen molar-refractivity contribution in [1.29, 1.82) is 0 Å². The summed E-state index contributed by atoms with van der Waals surface area (Å²) in [6, 6.07) is 1.44. The number of aromatic nitrogens is 2. The second kappa shape index (κ2) is 6.30. The Bertz CT molecular complexity index is 478. The van der Waals surface area contributed by atoms with Crippen LogP contribution < -0.4 is 10.2 Å². The Morgan fingerprint density at radius 1 is 1.29 bits per heavy atom. The van der Waals surface area contributed by atoms with E-state index in [1.165, 1.54) is 43.5 Å². The molecular weight excluding hydrogens is 260 g/mol. The smallest absolute Gasteiger partial charge is 0.131 e. The summed E-state index contributed by atoms with van der Waals surface area (Å²) in [6.07, 6.45) is 8.53. The summed E-state index contributed by atoms with van der Waals surface area (Å²) in [6.45, 7) is 8.58. The Hall–Kier alpha value is -1.16. The van der Waals surface area contributed by atoms with Gasteiger partial charge in [-0.15, -0.1) is 0 Å². The Kier molecular flexibility index (Phi) is 4.43. The zero-order valence-corrected chi connectivity index (χ0v) is 13.6. The normalized spacial score (nSPS) is 18.3. The summed E-state index contributed by atoms with van der Waals surface area (Å²) >= 11 is 0. The fourth-order valence-electron chi connectivity index (χ4n) is 2.73. The van der Waals surface area contributed by atoms with E-state index in [1.54, 1.807) is 0 Å². The molecule has 116 valence electrons. The van der Waals surface area contributed by atoms with Gasteiger partial charge in [0.05, 0.1) is 17.6 Å². The topological polar surface area (TPSA) is 41.1 Å². The lowest BCUT2D eigenvalue weighted by molar-refractivity contribution is 0.650. The zero-order valence-electron chi connectivity index (χ0n) is 13.6. The molecule has 1 aromatic heterocycles. The van der Waals surface area contributed by atoms with E-state index < -0.39 is 0 Å². The van der Waals surface area contributed by atoms with Crippen LogP contribution >= 0.6 is 0 Å². The lowest BCUT2D eigenvalue weighted by Crippen LogP contribution is -2.30. The van der Waals surface area contributed by atoms with E-state index in [0.29, 0.717) is 5.92 Å². The third-order valence-corrected chi connectivity index (χ3v) is 4.28. The van der Waals surface area contributed by atoms with Crippen molar-refractivity contribution in [2.75, 3.05) is 11.4 Å². The van der Waals surface area contributed by atoms with Gasteiger partial charge in [0, 0.05) is 31.1 Å². The molecule has 0 bridgehead atoms. The number of hydrogen-bond donors (Lipinski definition) is 1. The maximum Gasteiger partial charge on any atom is 0.131 e. The third kappa shape index (κ3) is 3.73. The van der Waals surface area contributed by atoms with Gasteiger partial charge >= 0.3 is 0 Å². The first-order valence-corrected chi connectivity index (χ1v) is 8.54. The number of anilines is 1. The maximum absolute atomic E-state index is 4.87. The maximum atomic E-state index is 4.87. The van der Waals surface area contributed by atoms with Crippen LogP contribution in [0.15, 0.2) is 6.20 Å². The van der Waals surface area contributed by atoms with Gasteiger partial charge in [0.1, 0.15) is 5.82 Å². The third-order valence-electron chi connectivity index (χ3n) is 4.28. The van der Waals surface area contributed by atoms with E-state index in [2.05, 4.69) is 42.2 Å². The highest BCUT2D eigenvalue weighted by Gasteiger charge is 2.31. The molecule has 3 rings (SSSR count). The van der Waals surface area contributed by atoms with Crippen LogP contribution in [0.25, 0.3) is 0 Å². The largest absolute Gasteiger partial charge is 0.366 e. The molecule has 2 saturated carbocycles. The van der Waals surface area contributed by atoms with Crippen molar-refractivity contribution in [2.24, 2.45) is 0 Å². The summed E-state index contributed by atoms with van der Waals surface area (Å²) in [7, 11) is 0. The van der Waals surface area contributed by atoms with Gasteiger partial charge in [-0.25, -0.2) is 9.97 Å². The molecule has 2 aliphatic carbocycles. The van der Waals surface area contributed by atoms with Gasteiger partial charge in [-0.3, -0.25) is 0 Å². The van der Waals surface area contributed by atoms with Crippen molar-refractivity contribution in [3.05, 3.63) is 17.7 Å². The van der Waals surface area contributed by atoms with E-state index in [9.17, 15) is 0 Å². The molecule has 0 spiro atoms. The van der Waals surface area contributed by atoms with Gasteiger partial charge in [-0.05, 0) is 32.1 Å². The molecule has 0 aromatic carbocycles. The molecule has 2 aliphatic rings. The van der Waals surface area contributed by atoms with E-state index in [4.69, 9.17) is 4.98 Å². The van der Waals surface area contributed by atoms with E-state index in [0.717, 1.165) is 31.0 Å². The molecular formula is C17H28N4. The number of nitrogens with zero attached hydrogens (tertiary/aromatic N) is 3. The van der Waals surface area contributed by atoms with Crippen LogP contribution in [0.3, 0.4) is 0 Å². The lowest BCUT2D eigenvalue weighted by Gasteiger charge is -2.26. The second-order valence-corrected chi connectivity index (χ2v) is 6.79. The molecule has 4 nitrogen and oxygen atoms in total. The van der Waals surface area contributed by atoms with Gasteiger partial charge in [-0.2, -0.15) is 0 Å². The first-order valence-electron chi connectivity index (χ1n) is 8.54. The molecule has 2 fully saturated rings. The van der Waals surface area contributed by atoms with E-state index >= 15 is 0 Å². The van der Waals surface area contributed by atoms with Crippen LogP contribution in [0.1, 0.15) is 70.3 Å². The summed E-state index contributed by atoms with van der Waals surface area (Å²) in [5.74, 6) is 1.36. The molecule has 0 unspecified atom stereocenters. The van der Waals surface area contributed by atoms with E-state index in [-0.39, 0.29) is 0 Å². The molecule has 0 aliphatic heterocycles. The van der Waals surface area contributed by atoms with Gasteiger partial charge in [0.25, 0.3) is 0 Å². The fourth-order valence-corrected chi connectivity index (χ4v) is 2.73. The predicted molar refractivity (Wildman–Crippen MR) is 86.6 cm³/mol. The summed E-state index contributed by atoms with van der Waals surface area (Å²) in [4.78, 5) is 12.0. The van der Waals surface area contributed by atoms with Gasteiger partial charge < -0.3 is 10.2 Å². The van der Waals surface area contributed by atoms with Crippen molar-refractivity contribution >= 4 is 5.69 Å². The minimum absolute atomic E-state index is 0.388. The van der Waals surface area contributed by atoms with Crippen LogP contribution in [-0.2, 0) is 6.54 Å². The van der Waals surface area contributed by atoms with Gasteiger partial charge in [0.2, 0.25) is 0 Å². The van der Waals surface area contributed by atoms with Crippen LogP contribution in [0.2, 0.25) is 0 Å².